The molecule has 0 aromatic heterocycles. The molecule has 1 aliphatic rings. The summed E-state index contributed by atoms with van der Waals surface area (Å²) in [5.74, 6) is -0.408. The van der Waals surface area contributed by atoms with Crippen LogP contribution in [0.3, 0.4) is 0 Å². The van der Waals surface area contributed by atoms with Gasteiger partial charge in [0, 0.05) is 13.0 Å². The number of carbonyl (C=O) groups is 1. The van der Waals surface area contributed by atoms with E-state index in [2.05, 4.69) is 66.6 Å². The summed E-state index contributed by atoms with van der Waals surface area (Å²) in [7, 11) is -5.07. The van der Waals surface area contributed by atoms with Gasteiger partial charge in [-0.3, -0.25) is 9.35 Å². The Morgan fingerprint density at radius 3 is 1.53 bits per heavy atom. The molecule has 0 saturated carbocycles. The van der Waals surface area contributed by atoms with Crippen molar-refractivity contribution in [3.8, 4) is 0 Å². The maximum absolute atomic E-state index is 12.9. The fourth-order valence-electron chi connectivity index (χ4n) is 7.20. The third-order valence-electron chi connectivity index (χ3n) is 10.9. The summed E-state index contributed by atoms with van der Waals surface area (Å²) in [6, 6.07) is 0. The fourth-order valence-corrected chi connectivity index (χ4v) is 7.71. The minimum absolute atomic E-state index is 0.0264. The number of allylic oxidation sites excluding steroid dienone is 8. The number of ether oxygens (including phenoxy) is 4. The van der Waals surface area contributed by atoms with Gasteiger partial charge in [0.1, 0.15) is 30.5 Å². The Kier molecular flexibility index (Phi) is 38.0. The van der Waals surface area contributed by atoms with E-state index >= 15 is 0 Å². The zero-order valence-corrected chi connectivity index (χ0v) is 39.5. The highest BCUT2D eigenvalue weighted by atomic mass is 32.3. The number of rotatable bonds is 42. The number of unbranched alkanes of at least 4 members (excludes halogenated alkanes) is 21. The molecule has 1 aliphatic heterocycles. The molecule has 1 fully saturated rings. The van der Waals surface area contributed by atoms with E-state index in [4.69, 9.17) is 18.9 Å². The van der Waals surface area contributed by atoms with Gasteiger partial charge in [0.2, 0.25) is 0 Å². The second-order valence-corrected chi connectivity index (χ2v) is 17.7. The normalized spacial score (nSPS) is 20.4. The van der Waals surface area contributed by atoms with Crippen LogP contribution in [0, 0.1) is 0 Å². The molecule has 1 rings (SSSR count). The van der Waals surface area contributed by atoms with Crippen molar-refractivity contribution in [1.29, 1.82) is 0 Å². The van der Waals surface area contributed by atoms with Crippen molar-refractivity contribution in [1.82, 2.24) is 0 Å². The summed E-state index contributed by atoms with van der Waals surface area (Å²) in [5, 5.41) is 30.7. The molecular formula is C49H88O12S. The summed E-state index contributed by atoms with van der Waals surface area (Å²) in [6.07, 6.45) is 39.9. The Bertz CT molecular complexity index is 1270. The van der Waals surface area contributed by atoms with Gasteiger partial charge in [-0.2, -0.15) is 8.42 Å². The van der Waals surface area contributed by atoms with E-state index in [-0.39, 0.29) is 19.6 Å². The van der Waals surface area contributed by atoms with Crippen LogP contribution in [0.4, 0.5) is 0 Å². The summed E-state index contributed by atoms with van der Waals surface area (Å²) in [6.45, 7) is 3.92. The average molecular weight is 901 g/mol. The molecule has 0 amide bonds. The molecule has 0 spiro atoms. The van der Waals surface area contributed by atoms with Gasteiger partial charge in [-0.15, -0.1) is 0 Å². The first-order valence-electron chi connectivity index (χ1n) is 24.4. The third-order valence-corrected chi connectivity index (χ3v) is 11.4. The maximum Gasteiger partial charge on any atom is 0.397 e. The maximum atomic E-state index is 12.9. The Hall–Kier alpha value is -1.94. The van der Waals surface area contributed by atoms with Crippen molar-refractivity contribution < 1.29 is 56.2 Å². The quantitative estimate of drug-likeness (QED) is 0.0198. The topological polar surface area (TPSA) is 178 Å². The van der Waals surface area contributed by atoms with Crippen molar-refractivity contribution in [2.45, 2.75) is 230 Å². The van der Waals surface area contributed by atoms with Crippen LogP contribution in [-0.2, 0) is 38.3 Å². The molecular weight excluding hydrogens is 813 g/mol. The number of aliphatic hydroxyl groups excluding tert-OH is 3. The van der Waals surface area contributed by atoms with Crippen LogP contribution in [0.1, 0.15) is 194 Å². The zero-order chi connectivity index (χ0) is 45.4. The number of hydrogen-bond donors (Lipinski definition) is 4. The van der Waals surface area contributed by atoms with Crippen molar-refractivity contribution in [3.63, 3.8) is 0 Å². The monoisotopic (exact) mass is 901 g/mol. The number of hydrogen-bond acceptors (Lipinski definition) is 11. The van der Waals surface area contributed by atoms with Gasteiger partial charge in [0.05, 0.1) is 19.8 Å². The van der Waals surface area contributed by atoms with E-state index in [1.165, 1.54) is 96.3 Å². The van der Waals surface area contributed by atoms with Crippen LogP contribution in [0.15, 0.2) is 48.6 Å². The van der Waals surface area contributed by atoms with Crippen LogP contribution in [0.5, 0.6) is 0 Å². The molecule has 12 nitrogen and oxygen atoms in total. The molecule has 0 aliphatic carbocycles. The first-order valence-corrected chi connectivity index (χ1v) is 25.8. The predicted octanol–water partition coefficient (Wildman–Crippen LogP) is 10.7. The highest BCUT2D eigenvalue weighted by molar-refractivity contribution is 7.80. The molecule has 13 heteroatoms. The zero-order valence-electron chi connectivity index (χ0n) is 38.7. The second-order valence-electron chi connectivity index (χ2n) is 16.7. The summed E-state index contributed by atoms with van der Waals surface area (Å²) in [5.41, 5.74) is 0. The molecule has 4 N–H and O–H groups in total. The Morgan fingerprint density at radius 1 is 0.613 bits per heavy atom. The summed E-state index contributed by atoms with van der Waals surface area (Å²) in [4.78, 5) is 12.9. The number of aliphatic hydroxyl groups is 3. The Labute approximate surface area is 376 Å². The van der Waals surface area contributed by atoms with Gasteiger partial charge in [-0.25, -0.2) is 4.18 Å². The Balaban J connectivity index is 2.40. The van der Waals surface area contributed by atoms with E-state index in [0.717, 1.165) is 70.6 Å². The van der Waals surface area contributed by atoms with Crippen molar-refractivity contribution in [2.75, 3.05) is 26.4 Å². The lowest BCUT2D eigenvalue weighted by atomic mass is 9.99. The highest BCUT2D eigenvalue weighted by Crippen LogP contribution is 2.26. The SMILES string of the molecule is CCCCC/C=C\C/C=C\CCCCCCCCCCCC(=O)OC(COCCCCCCCC/C=C\C/C=C\CCCCC)COC1OC(CO)C(O)C(OS(=O)(=O)O)C1O. The van der Waals surface area contributed by atoms with Crippen molar-refractivity contribution in [3.05, 3.63) is 48.6 Å². The summed E-state index contributed by atoms with van der Waals surface area (Å²) < 4.78 is 59.2. The molecule has 1 heterocycles. The smallest absolute Gasteiger partial charge is 0.397 e. The van der Waals surface area contributed by atoms with E-state index in [9.17, 15) is 33.1 Å². The second kappa shape index (κ2) is 40.6. The van der Waals surface area contributed by atoms with Crippen LogP contribution in [-0.4, -0.2) is 97.5 Å². The molecule has 362 valence electrons. The lowest BCUT2D eigenvalue weighted by molar-refractivity contribution is -0.301. The van der Waals surface area contributed by atoms with Gasteiger partial charge < -0.3 is 34.3 Å². The van der Waals surface area contributed by atoms with Gasteiger partial charge in [-0.1, -0.05) is 159 Å². The number of esters is 1. The van der Waals surface area contributed by atoms with E-state index in [1.54, 1.807) is 0 Å². The largest absolute Gasteiger partial charge is 0.457 e. The van der Waals surface area contributed by atoms with Crippen molar-refractivity contribution in [2.24, 2.45) is 0 Å². The molecule has 0 bridgehead atoms. The van der Waals surface area contributed by atoms with Gasteiger partial charge >= 0.3 is 16.4 Å². The lowest BCUT2D eigenvalue weighted by Crippen LogP contribution is -2.60. The van der Waals surface area contributed by atoms with E-state index in [1.807, 2.05) is 0 Å². The molecule has 6 unspecified atom stereocenters. The van der Waals surface area contributed by atoms with Gasteiger partial charge in [0.15, 0.2) is 6.29 Å². The lowest BCUT2D eigenvalue weighted by Gasteiger charge is -2.41. The van der Waals surface area contributed by atoms with E-state index in [0.29, 0.717) is 13.0 Å². The third kappa shape index (κ3) is 33.6. The fraction of sp³-hybridized carbons (Fsp3) is 0.816. The minimum Gasteiger partial charge on any atom is -0.457 e. The van der Waals surface area contributed by atoms with Crippen LogP contribution < -0.4 is 0 Å². The molecule has 62 heavy (non-hydrogen) atoms. The standard InChI is InChI=1S/C49H88O12S/c1-3-5-7-9-11-13-15-17-19-21-22-23-24-26-28-30-32-34-36-38-45(51)59-43(42-58-49-47(53)48(61-62(54,55)56)46(52)44(40-50)60-49)41-57-39-37-35-33-31-29-27-25-20-18-16-14-12-10-8-6-4-2/h11-14,17-20,43-44,46-50,52-53H,3-10,15-16,21-42H2,1-2H3,(H,54,55,56)/b13-11-,14-12-,19-17-,20-18-. The van der Waals surface area contributed by atoms with E-state index < -0.39 is 59.8 Å². The molecule has 0 aromatic carbocycles. The first-order chi connectivity index (χ1) is 30.1. The van der Waals surface area contributed by atoms with Crippen LogP contribution >= 0.6 is 0 Å². The molecule has 6 atom stereocenters. The van der Waals surface area contributed by atoms with Crippen LogP contribution in [0.2, 0.25) is 0 Å². The summed E-state index contributed by atoms with van der Waals surface area (Å²) >= 11 is 0. The first kappa shape index (κ1) is 58.1. The minimum atomic E-state index is -5.07. The molecule has 0 radical (unpaired) electrons. The predicted molar refractivity (Wildman–Crippen MR) is 248 cm³/mol. The molecule has 1 saturated heterocycles. The van der Waals surface area contributed by atoms with Gasteiger partial charge in [-0.05, 0) is 77.0 Å². The van der Waals surface area contributed by atoms with Crippen molar-refractivity contribution >= 4 is 16.4 Å². The van der Waals surface area contributed by atoms with Crippen LogP contribution in [0.25, 0.3) is 0 Å². The highest BCUT2D eigenvalue weighted by Gasteiger charge is 2.48. The molecule has 0 aromatic rings. The number of carbonyl (C=O) groups excluding carboxylic acids is 1. The average Bonchev–Trinajstić information content (AvgIpc) is 3.24. The van der Waals surface area contributed by atoms with Gasteiger partial charge in [0.25, 0.3) is 0 Å². The Morgan fingerprint density at radius 2 is 1.06 bits per heavy atom.